The normalized spacial score (nSPS) is 11.3. The quantitative estimate of drug-likeness (QED) is 0.832. The summed E-state index contributed by atoms with van der Waals surface area (Å²) in [6.07, 6.45) is 0.743. The third-order valence-corrected chi connectivity index (χ3v) is 3.13. The Bertz CT molecular complexity index is 531. The van der Waals surface area contributed by atoms with Gasteiger partial charge < -0.3 is 15.4 Å². The molecule has 0 fully saturated rings. The average molecular weight is 233 g/mol. The van der Waals surface area contributed by atoms with Crippen molar-refractivity contribution in [2.45, 2.75) is 26.8 Å². The van der Waals surface area contributed by atoms with E-state index in [1.54, 1.807) is 0 Å². The molecule has 0 aliphatic carbocycles. The number of fused-ring (bicyclic) bond motifs is 1. The number of nitrogens with zero attached hydrogens (tertiary/aromatic N) is 2. The van der Waals surface area contributed by atoms with Gasteiger partial charge in [-0.3, -0.25) is 0 Å². The lowest BCUT2D eigenvalue weighted by molar-refractivity contribution is 0.276. The van der Waals surface area contributed by atoms with Crippen molar-refractivity contribution in [2.24, 2.45) is 5.73 Å². The maximum Gasteiger partial charge on any atom is 0.111 e. The van der Waals surface area contributed by atoms with E-state index in [0.717, 1.165) is 23.3 Å². The number of aromatic nitrogens is 2. The van der Waals surface area contributed by atoms with E-state index in [-0.39, 0.29) is 6.61 Å². The summed E-state index contributed by atoms with van der Waals surface area (Å²) in [5, 5.41) is 9.13. The molecule has 0 spiro atoms. The van der Waals surface area contributed by atoms with Crippen LogP contribution in [-0.2, 0) is 13.0 Å². The van der Waals surface area contributed by atoms with Gasteiger partial charge in [0, 0.05) is 13.0 Å². The summed E-state index contributed by atoms with van der Waals surface area (Å²) in [6, 6.07) is 4.23. The molecular weight excluding hydrogens is 214 g/mol. The second-order valence-corrected chi connectivity index (χ2v) is 4.37. The van der Waals surface area contributed by atoms with E-state index in [9.17, 15) is 0 Å². The minimum Gasteiger partial charge on any atom is -0.395 e. The Morgan fingerprint density at radius 1 is 1.29 bits per heavy atom. The van der Waals surface area contributed by atoms with Crippen LogP contribution in [-0.4, -0.2) is 27.8 Å². The van der Waals surface area contributed by atoms with Crippen molar-refractivity contribution in [3.63, 3.8) is 0 Å². The van der Waals surface area contributed by atoms with Gasteiger partial charge in [0.2, 0.25) is 0 Å². The highest BCUT2D eigenvalue weighted by Gasteiger charge is 2.10. The summed E-state index contributed by atoms with van der Waals surface area (Å²) in [5.41, 5.74) is 10.2. The van der Waals surface area contributed by atoms with Crippen LogP contribution in [0.2, 0.25) is 0 Å². The predicted octanol–water partition coefficient (Wildman–Crippen LogP) is 1.15. The number of imidazole rings is 1. The van der Waals surface area contributed by atoms with E-state index in [2.05, 4.69) is 35.5 Å². The molecule has 0 amide bonds. The number of aliphatic hydroxyl groups excluding tert-OH is 1. The molecule has 0 aliphatic heterocycles. The molecule has 17 heavy (non-hydrogen) atoms. The highest BCUT2D eigenvalue weighted by atomic mass is 16.3. The lowest BCUT2D eigenvalue weighted by atomic mass is 10.1. The first-order valence-electron chi connectivity index (χ1n) is 5.94. The molecule has 3 N–H and O–H groups in total. The van der Waals surface area contributed by atoms with Gasteiger partial charge in [-0.15, -0.1) is 0 Å². The van der Waals surface area contributed by atoms with Crippen LogP contribution < -0.4 is 5.73 Å². The van der Waals surface area contributed by atoms with Crippen molar-refractivity contribution in [2.75, 3.05) is 13.2 Å². The topological polar surface area (TPSA) is 64.1 Å². The third-order valence-electron chi connectivity index (χ3n) is 3.13. The van der Waals surface area contributed by atoms with E-state index in [4.69, 9.17) is 10.8 Å². The van der Waals surface area contributed by atoms with Crippen LogP contribution >= 0.6 is 0 Å². The van der Waals surface area contributed by atoms with E-state index in [1.807, 2.05) is 0 Å². The fourth-order valence-corrected chi connectivity index (χ4v) is 2.10. The maximum atomic E-state index is 9.13. The van der Waals surface area contributed by atoms with Crippen molar-refractivity contribution in [1.29, 1.82) is 0 Å². The Labute approximate surface area is 101 Å². The molecule has 2 aromatic rings. The third kappa shape index (κ3) is 2.18. The molecule has 0 unspecified atom stereocenters. The van der Waals surface area contributed by atoms with Crippen LogP contribution in [0.1, 0.15) is 17.0 Å². The molecule has 1 aromatic heterocycles. The molecule has 4 nitrogen and oxygen atoms in total. The van der Waals surface area contributed by atoms with E-state index < -0.39 is 0 Å². The van der Waals surface area contributed by atoms with Crippen LogP contribution in [0.3, 0.4) is 0 Å². The van der Waals surface area contributed by atoms with E-state index >= 15 is 0 Å². The van der Waals surface area contributed by atoms with Gasteiger partial charge in [-0.05, 0) is 43.7 Å². The smallest absolute Gasteiger partial charge is 0.111 e. The Morgan fingerprint density at radius 3 is 2.65 bits per heavy atom. The minimum absolute atomic E-state index is 0.121. The second kappa shape index (κ2) is 4.85. The van der Waals surface area contributed by atoms with E-state index in [1.165, 1.54) is 11.1 Å². The number of rotatable bonds is 4. The fraction of sp³-hybridized carbons (Fsp3) is 0.462. The lowest BCUT2D eigenvalue weighted by Crippen LogP contribution is -2.11. The summed E-state index contributed by atoms with van der Waals surface area (Å²) in [7, 11) is 0. The maximum absolute atomic E-state index is 9.13. The SMILES string of the molecule is Cc1cc2nc(CCN)n(CCO)c2cc1C. The molecule has 92 valence electrons. The lowest BCUT2D eigenvalue weighted by Gasteiger charge is -2.07. The van der Waals surface area contributed by atoms with Gasteiger partial charge in [0.15, 0.2) is 0 Å². The van der Waals surface area contributed by atoms with Crippen LogP contribution in [0.4, 0.5) is 0 Å². The first kappa shape index (κ1) is 12.1. The molecular formula is C13H19N3O. The summed E-state index contributed by atoms with van der Waals surface area (Å²) in [4.78, 5) is 4.59. The minimum atomic E-state index is 0.121. The predicted molar refractivity (Wildman–Crippen MR) is 69.1 cm³/mol. The molecule has 1 aromatic carbocycles. The van der Waals surface area contributed by atoms with Crippen LogP contribution in [0.5, 0.6) is 0 Å². The summed E-state index contributed by atoms with van der Waals surface area (Å²) in [5.74, 6) is 0.960. The van der Waals surface area contributed by atoms with Crippen molar-refractivity contribution in [3.8, 4) is 0 Å². The molecule has 1 heterocycles. The van der Waals surface area contributed by atoms with Gasteiger partial charge in [0.1, 0.15) is 5.82 Å². The van der Waals surface area contributed by atoms with Crippen molar-refractivity contribution in [3.05, 3.63) is 29.1 Å². The zero-order valence-electron chi connectivity index (χ0n) is 10.4. The van der Waals surface area contributed by atoms with Gasteiger partial charge in [-0.25, -0.2) is 4.98 Å². The number of benzene rings is 1. The standard InChI is InChI=1S/C13H19N3O/c1-9-7-11-12(8-10(9)2)16(5-6-17)13(15-11)3-4-14/h7-8,17H,3-6,14H2,1-2H3. The van der Waals surface area contributed by atoms with Crippen LogP contribution in [0.25, 0.3) is 11.0 Å². The Morgan fingerprint density at radius 2 is 2.00 bits per heavy atom. The molecule has 0 atom stereocenters. The van der Waals surface area contributed by atoms with E-state index in [0.29, 0.717) is 13.1 Å². The highest BCUT2D eigenvalue weighted by Crippen LogP contribution is 2.20. The Balaban J connectivity index is 2.62. The van der Waals surface area contributed by atoms with Crippen molar-refractivity contribution in [1.82, 2.24) is 9.55 Å². The van der Waals surface area contributed by atoms with Crippen LogP contribution in [0, 0.1) is 13.8 Å². The second-order valence-electron chi connectivity index (χ2n) is 4.37. The highest BCUT2D eigenvalue weighted by molar-refractivity contribution is 5.78. The zero-order chi connectivity index (χ0) is 12.4. The van der Waals surface area contributed by atoms with Gasteiger partial charge in [0.05, 0.1) is 17.6 Å². The average Bonchev–Trinajstić information content (AvgIpc) is 2.59. The summed E-state index contributed by atoms with van der Waals surface area (Å²) >= 11 is 0. The Kier molecular flexibility index (Phi) is 3.45. The van der Waals surface area contributed by atoms with Gasteiger partial charge in [-0.1, -0.05) is 0 Å². The number of aliphatic hydroxyl groups is 1. The summed E-state index contributed by atoms with van der Waals surface area (Å²) < 4.78 is 2.06. The number of nitrogens with two attached hydrogens (primary N) is 1. The van der Waals surface area contributed by atoms with Gasteiger partial charge in [0.25, 0.3) is 0 Å². The molecule has 0 bridgehead atoms. The molecule has 0 radical (unpaired) electrons. The molecule has 0 aliphatic rings. The molecule has 2 rings (SSSR count). The van der Waals surface area contributed by atoms with Crippen molar-refractivity contribution >= 4 is 11.0 Å². The number of hydrogen-bond donors (Lipinski definition) is 2. The zero-order valence-corrected chi connectivity index (χ0v) is 10.4. The van der Waals surface area contributed by atoms with Gasteiger partial charge in [-0.2, -0.15) is 0 Å². The molecule has 0 saturated carbocycles. The van der Waals surface area contributed by atoms with Crippen molar-refractivity contribution < 1.29 is 5.11 Å². The number of aryl methyl sites for hydroxylation is 2. The molecule has 0 saturated heterocycles. The largest absolute Gasteiger partial charge is 0.395 e. The monoisotopic (exact) mass is 233 g/mol. The Hall–Kier alpha value is -1.39. The summed E-state index contributed by atoms with van der Waals surface area (Å²) in [6.45, 7) is 5.45. The first-order chi connectivity index (χ1) is 8.17. The number of hydrogen-bond acceptors (Lipinski definition) is 3. The fourth-order valence-electron chi connectivity index (χ4n) is 2.10. The van der Waals surface area contributed by atoms with Crippen LogP contribution in [0.15, 0.2) is 12.1 Å². The first-order valence-corrected chi connectivity index (χ1v) is 5.94. The van der Waals surface area contributed by atoms with Gasteiger partial charge >= 0.3 is 0 Å². The molecule has 4 heteroatoms.